The lowest BCUT2D eigenvalue weighted by atomic mass is 9.83. The number of hydrogen-bond donors (Lipinski definition) is 4. The first-order valence-corrected chi connectivity index (χ1v) is 12.4. The van der Waals surface area contributed by atoms with Gasteiger partial charge in [0.2, 0.25) is 0 Å². The molecule has 192 valence electrons. The van der Waals surface area contributed by atoms with Gasteiger partial charge in [0.1, 0.15) is 22.9 Å². The third kappa shape index (κ3) is 4.44. The lowest BCUT2D eigenvalue weighted by molar-refractivity contribution is -0.0324. The zero-order valence-corrected chi connectivity index (χ0v) is 20.8. The quantitative estimate of drug-likeness (QED) is 0.393. The number of carbonyl (C=O) groups excluding carboxylic acids is 1. The lowest BCUT2D eigenvalue weighted by Crippen LogP contribution is -2.50. The van der Waals surface area contributed by atoms with E-state index in [9.17, 15) is 14.7 Å². The van der Waals surface area contributed by atoms with E-state index in [1.54, 1.807) is 30.9 Å². The van der Waals surface area contributed by atoms with Crippen molar-refractivity contribution in [2.75, 3.05) is 24.8 Å². The number of pyridine rings is 1. The van der Waals surface area contributed by atoms with Crippen molar-refractivity contribution in [3.8, 4) is 0 Å². The molecule has 0 spiro atoms. The Labute approximate surface area is 208 Å². The second-order valence-corrected chi connectivity index (χ2v) is 9.94. The van der Waals surface area contributed by atoms with Crippen molar-refractivity contribution in [2.24, 2.45) is 0 Å². The van der Waals surface area contributed by atoms with E-state index in [1.807, 2.05) is 12.3 Å². The summed E-state index contributed by atoms with van der Waals surface area (Å²) in [5.41, 5.74) is 0.785. The molecule has 11 nitrogen and oxygen atoms in total. The molecule has 1 unspecified atom stereocenters. The number of aliphatic hydroxyl groups is 1. The molecule has 0 bridgehead atoms. The Hall–Kier alpha value is -3.44. The molecule has 3 heterocycles. The molecule has 36 heavy (non-hydrogen) atoms. The molecule has 3 aromatic rings. The van der Waals surface area contributed by atoms with E-state index in [1.165, 1.54) is 10.7 Å². The number of nitrogens with one attached hydrogen (secondary N) is 3. The van der Waals surface area contributed by atoms with Gasteiger partial charge in [-0.25, -0.2) is 4.98 Å². The smallest absolute Gasteiger partial charge is 0.274 e. The summed E-state index contributed by atoms with van der Waals surface area (Å²) < 4.78 is 8.97. The van der Waals surface area contributed by atoms with E-state index in [4.69, 9.17) is 4.74 Å². The van der Waals surface area contributed by atoms with Crippen molar-refractivity contribution < 1.29 is 14.6 Å². The fraction of sp³-hybridized carbons (Fsp3) is 0.520. The fourth-order valence-electron chi connectivity index (χ4n) is 4.99. The van der Waals surface area contributed by atoms with E-state index >= 15 is 0 Å². The zero-order chi connectivity index (χ0) is 25.4. The molecule has 0 saturated heterocycles. The van der Waals surface area contributed by atoms with Crippen LogP contribution in [0.2, 0.25) is 0 Å². The Kier molecular flexibility index (Phi) is 6.44. The highest BCUT2D eigenvalue weighted by molar-refractivity contribution is 6.00. The molecule has 5 rings (SSSR count). The van der Waals surface area contributed by atoms with Crippen molar-refractivity contribution >= 4 is 28.9 Å². The number of methoxy groups -OCH3 is 1. The van der Waals surface area contributed by atoms with Gasteiger partial charge in [0.25, 0.3) is 11.5 Å². The standard InChI is InChI=1S/C25H33N7O4/c1-25(36-3)10-8-15(9-11-25)31-12-4-5-18(24(31)35)28-20-13-21(26-2)32-22(30-20)16(14-27-32)23(34)29-17-6-7-19(17)33/h4-5,12-15,17,19,26,33H,6-11H2,1-3H3,(H,28,30)(H,29,34)/t15-,17?,19-,25-/m1/s1. The van der Waals surface area contributed by atoms with Crippen LogP contribution in [0.1, 0.15) is 61.8 Å². The number of rotatable bonds is 7. The first-order chi connectivity index (χ1) is 17.3. The third-order valence-corrected chi connectivity index (χ3v) is 7.66. The van der Waals surface area contributed by atoms with Gasteiger partial charge in [-0.15, -0.1) is 0 Å². The van der Waals surface area contributed by atoms with Gasteiger partial charge in [-0.05, 0) is 57.6 Å². The minimum absolute atomic E-state index is 0.109. The maximum atomic E-state index is 13.4. The van der Waals surface area contributed by atoms with E-state index in [-0.39, 0.29) is 29.2 Å². The number of nitrogens with zero attached hydrogens (tertiary/aromatic N) is 4. The average Bonchev–Trinajstić information content (AvgIpc) is 3.32. The van der Waals surface area contributed by atoms with Crippen LogP contribution in [0.3, 0.4) is 0 Å². The largest absolute Gasteiger partial charge is 0.391 e. The topological polar surface area (TPSA) is 135 Å². The normalized spacial score (nSPS) is 25.8. The maximum Gasteiger partial charge on any atom is 0.274 e. The van der Waals surface area contributed by atoms with Crippen molar-refractivity contribution in [1.82, 2.24) is 24.5 Å². The van der Waals surface area contributed by atoms with Gasteiger partial charge < -0.3 is 30.4 Å². The Balaban J connectivity index is 1.42. The van der Waals surface area contributed by atoms with Gasteiger partial charge >= 0.3 is 0 Å². The molecule has 1 amide bonds. The van der Waals surface area contributed by atoms with E-state index in [2.05, 4.69) is 33.0 Å². The predicted molar refractivity (Wildman–Crippen MR) is 136 cm³/mol. The summed E-state index contributed by atoms with van der Waals surface area (Å²) in [7, 11) is 3.49. The molecule has 4 N–H and O–H groups in total. The molecule has 3 aromatic heterocycles. The summed E-state index contributed by atoms with van der Waals surface area (Å²) >= 11 is 0. The number of anilines is 3. The van der Waals surface area contributed by atoms with Crippen molar-refractivity contribution in [3.63, 3.8) is 0 Å². The molecule has 0 aliphatic heterocycles. The van der Waals surface area contributed by atoms with Crippen molar-refractivity contribution in [3.05, 3.63) is 46.5 Å². The number of carbonyl (C=O) groups is 1. The van der Waals surface area contributed by atoms with Crippen LogP contribution in [-0.4, -0.2) is 62.1 Å². The van der Waals surface area contributed by atoms with Crippen LogP contribution in [0.5, 0.6) is 0 Å². The second kappa shape index (κ2) is 9.55. The Morgan fingerprint density at radius 1 is 1.25 bits per heavy atom. The van der Waals surface area contributed by atoms with E-state index in [0.29, 0.717) is 35.0 Å². The van der Waals surface area contributed by atoms with Crippen LogP contribution in [0, 0.1) is 0 Å². The molecule has 11 heteroatoms. The third-order valence-electron chi connectivity index (χ3n) is 7.66. The molecule has 0 radical (unpaired) electrons. The van der Waals surface area contributed by atoms with Gasteiger partial charge in [-0.1, -0.05) is 0 Å². The minimum atomic E-state index is -0.526. The van der Waals surface area contributed by atoms with Crippen LogP contribution >= 0.6 is 0 Å². The maximum absolute atomic E-state index is 13.4. The van der Waals surface area contributed by atoms with Gasteiger partial charge in [0.05, 0.1) is 23.9 Å². The van der Waals surface area contributed by atoms with Gasteiger partial charge in [0, 0.05) is 32.5 Å². The van der Waals surface area contributed by atoms with Crippen LogP contribution < -0.4 is 21.5 Å². The summed E-state index contributed by atoms with van der Waals surface area (Å²) in [4.78, 5) is 30.8. The first kappa shape index (κ1) is 24.3. The first-order valence-electron chi connectivity index (χ1n) is 12.4. The van der Waals surface area contributed by atoms with Crippen LogP contribution in [0.15, 0.2) is 35.4 Å². The Morgan fingerprint density at radius 2 is 2.03 bits per heavy atom. The summed E-state index contributed by atoms with van der Waals surface area (Å²) in [6, 6.07) is 5.17. The lowest BCUT2D eigenvalue weighted by Gasteiger charge is -2.36. The van der Waals surface area contributed by atoms with E-state index in [0.717, 1.165) is 32.1 Å². The summed E-state index contributed by atoms with van der Waals surface area (Å²) in [5, 5.41) is 23.2. The SMILES string of the molecule is CNc1cc(Nc2cccn([C@H]3CC[C@](C)(OC)CC3)c2=O)nc2c(C(=O)NC3CC[C@H]3O)cnn12. The predicted octanol–water partition coefficient (Wildman–Crippen LogP) is 2.45. The van der Waals surface area contributed by atoms with Gasteiger partial charge in [-0.2, -0.15) is 9.61 Å². The molecule has 2 atom stereocenters. The Morgan fingerprint density at radius 3 is 2.67 bits per heavy atom. The fourth-order valence-corrected chi connectivity index (χ4v) is 4.99. The minimum Gasteiger partial charge on any atom is -0.391 e. The highest BCUT2D eigenvalue weighted by Gasteiger charge is 2.33. The van der Waals surface area contributed by atoms with Gasteiger partial charge in [-0.3, -0.25) is 9.59 Å². The molecular weight excluding hydrogens is 462 g/mol. The van der Waals surface area contributed by atoms with Gasteiger partial charge in [0.15, 0.2) is 5.65 Å². The monoisotopic (exact) mass is 495 g/mol. The number of fused-ring (bicyclic) bond motifs is 1. The van der Waals surface area contributed by atoms with E-state index < -0.39 is 6.10 Å². The summed E-state index contributed by atoms with van der Waals surface area (Å²) in [6.07, 6.45) is 7.70. The number of aromatic nitrogens is 4. The summed E-state index contributed by atoms with van der Waals surface area (Å²) in [5.74, 6) is 0.672. The van der Waals surface area contributed by atoms with Crippen molar-refractivity contribution in [2.45, 2.75) is 69.2 Å². The number of amides is 1. The second-order valence-electron chi connectivity index (χ2n) is 9.94. The van der Waals surface area contributed by atoms with Crippen LogP contribution in [0.4, 0.5) is 17.3 Å². The Bertz CT molecular complexity index is 1330. The molecule has 2 fully saturated rings. The molecule has 2 aliphatic carbocycles. The van der Waals surface area contributed by atoms with Crippen molar-refractivity contribution in [1.29, 1.82) is 0 Å². The summed E-state index contributed by atoms with van der Waals surface area (Å²) in [6.45, 7) is 2.12. The number of hydrogen-bond acceptors (Lipinski definition) is 8. The van der Waals surface area contributed by atoms with Crippen LogP contribution in [0.25, 0.3) is 5.65 Å². The zero-order valence-electron chi connectivity index (χ0n) is 20.8. The highest BCUT2D eigenvalue weighted by Crippen LogP contribution is 2.36. The number of ether oxygens (including phenoxy) is 1. The molecule has 2 saturated carbocycles. The molecule has 0 aromatic carbocycles. The molecule has 2 aliphatic rings. The highest BCUT2D eigenvalue weighted by atomic mass is 16.5. The number of aliphatic hydroxyl groups excluding tert-OH is 1. The van der Waals surface area contributed by atoms with Crippen LogP contribution in [-0.2, 0) is 4.74 Å². The molecular formula is C25H33N7O4. The average molecular weight is 496 g/mol.